The lowest BCUT2D eigenvalue weighted by atomic mass is 9.93. The van der Waals surface area contributed by atoms with E-state index in [1.807, 2.05) is 6.07 Å². The predicted octanol–water partition coefficient (Wildman–Crippen LogP) is 3.68. The van der Waals surface area contributed by atoms with Gasteiger partial charge in [-0.05, 0) is 25.2 Å². The van der Waals surface area contributed by atoms with Crippen LogP contribution in [0.15, 0.2) is 6.07 Å². The van der Waals surface area contributed by atoms with Crippen molar-refractivity contribution < 1.29 is 4.74 Å². The van der Waals surface area contributed by atoms with Gasteiger partial charge < -0.3 is 10.1 Å². The quantitative estimate of drug-likeness (QED) is 0.817. The normalized spacial score (nSPS) is 11.4. The maximum absolute atomic E-state index is 5.76. The second-order valence-corrected chi connectivity index (χ2v) is 5.95. The first-order chi connectivity index (χ1) is 8.94. The summed E-state index contributed by atoms with van der Waals surface area (Å²) in [7, 11) is 0. The number of hydrogen-bond acceptors (Lipinski definition) is 4. The van der Waals surface area contributed by atoms with Gasteiger partial charge in [-0.3, -0.25) is 0 Å². The van der Waals surface area contributed by atoms with Crippen molar-refractivity contribution in [3.8, 4) is 5.88 Å². The summed E-state index contributed by atoms with van der Waals surface area (Å²) in [6.07, 6.45) is 2.93. The maximum atomic E-state index is 5.76. The van der Waals surface area contributed by atoms with E-state index in [2.05, 4.69) is 49.9 Å². The van der Waals surface area contributed by atoms with Gasteiger partial charge in [0.05, 0.1) is 6.61 Å². The summed E-state index contributed by atoms with van der Waals surface area (Å²) in [6.45, 7) is 12.4. The van der Waals surface area contributed by atoms with Crippen LogP contribution >= 0.6 is 0 Å². The van der Waals surface area contributed by atoms with Crippen LogP contribution in [0.2, 0.25) is 0 Å². The molecule has 1 rings (SSSR count). The van der Waals surface area contributed by atoms with Gasteiger partial charge in [-0.1, -0.05) is 27.7 Å². The summed E-state index contributed by atoms with van der Waals surface area (Å²) in [4.78, 5) is 8.92. The Hall–Kier alpha value is -1.32. The van der Waals surface area contributed by atoms with Crippen molar-refractivity contribution in [1.29, 1.82) is 0 Å². The summed E-state index contributed by atoms with van der Waals surface area (Å²) in [5, 5.41) is 3.22. The van der Waals surface area contributed by atoms with Gasteiger partial charge in [-0.25, -0.2) is 4.98 Å². The van der Waals surface area contributed by atoms with E-state index >= 15 is 0 Å². The van der Waals surface area contributed by atoms with E-state index in [9.17, 15) is 0 Å². The minimum atomic E-state index is 0.282. The zero-order valence-electron chi connectivity index (χ0n) is 12.9. The van der Waals surface area contributed by atoms with Crippen LogP contribution in [0.1, 0.15) is 53.3 Å². The molecule has 19 heavy (non-hydrogen) atoms. The minimum absolute atomic E-state index is 0.282. The number of aromatic nitrogens is 2. The first-order valence-electron chi connectivity index (χ1n) is 7.19. The van der Waals surface area contributed by atoms with E-state index in [0.717, 1.165) is 37.4 Å². The lowest BCUT2D eigenvalue weighted by Gasteiger charge is -2.18. The van der Waals surface area contributed by atoms with E-state index in [1.165, 1.54) is 0 Å². The number of nitrogens with one attached hydrogen (secondary N) is 1. The molecule has 0 saturated heterocycles. The molecular formula is C15H27N3O. The molecule has 0 aliphatic carbocycles. The van der Waals surface area contributed by atoms with Crippen molar-refractivity contribution in [3.63, 3.8) is 0 Å². The number of nitrogens with zero attached hydrogens (tertiary/aromatic N) is 2. The maximum Gasteiger partial charge on any atom is 0.218 e. The Bertz CT molecular complexity index is 361. The molecule has 4 nitrogen and oxygen atoms in total. The van der Waals surface area contributed by atoms with Crippen LogP contribution in [0.3, 0.4) is 0 Å². The standard InChI is InChI=1S/C15H27N3O/c1-6-8-12-17-13(16-7-2)11-14(18-12)19-10-9-15(3,4)5/h11H,6-10H2,1-5H3,(H,16,17,18). The molecule has 0 aliphatic rings. The zero-order valence-corrected chi connectivity index (χ0v) is 12.9. The average molecular weight is 265 g/mol. The van der Waals surface area contributed by atoms with Crippen molar-refractivity contribution in [2.24, 2.45) is 5.41 Å². The first kappa shape index (κ1) is 15.7. The highest BCUT2D eigenvalue weighted by atomic mass is 16.5. The third-order valence-corrected chi connectivity index (χ3v) is 2.68. The highest BCUT2D eigenvalue weighted by Gasteiger charge is 2.11. The molecule has 0 radical (unpaired) electrons. The number of ether oxygens (including phenoxy) is 1. The van der Waals surface area contributed by atoms with Crippen molar-refractivity contribution >= 4 is 5.82 Å². The molecule has 108 valence electrons. The van der Waals surface area contributed by atoms with Crippen LogP contribution in [-0.4, -0.2) is 23.1 Å². The van der Waals surface area contributed by atoms with Gasteiger partial charge in [0.25, 0.3) is 0 Å². The predicted molar refractivity (Wildman–Crippen MR) is 79.8 cm³/mol. The van der Waals surface area contributed by atoms with Crippen LogP contribution in [-0.2, 0) is 6.42 Å². The summed E-state index contributed by atoms with van der Waals surface area (Å²) in [5.41, 5.74) is 0.282. The van der Waals surface area contributed by atoms with Crippen LogP contribution in [0.4, 0.5) is 5.82 Å². The number of aryl methyl sites for hydroxylation is 1. The molecule has 0 bridgehead atoms. The average Bonchev–Trinajstić information content (AvgIpc) is 2.28. The van der Waals surface area contributed by atoms with Crippen LogP contribution in [0.25, 0.3) is 0 Å². The Labute approximate surface area is 117 Å². The van der Waals surface area contributed by atoms with Gasteiger partial charge in [0, 0.05) is 19.0 Å². The number of rotatable bonds is 7. The lowest BCUT2D eigenvalue weighted by Crippen LogP contribution is -2.12. The van der Waals surface area contributed by atoms with Crippen molar-refractivity contribution in [2.45, 2.75) is 53.9 Å². The molecule has 1 aromatic heterocycles. The second kappa shape index (κ2) is 7.31. The van der Waals surface area contributed by atoms with Gasteiger partial charge in [0.2, 0.25) is 5.88 Å². The molecule has 0 aromatic carbocycles. The molecule has 1 N–H and O–H groups in total. The Kier molecular flexibility index (Phi) is 6.06. The Balaban J connectivity index is 2.69. The Morgan fingerprint density at radius 2 is 1.95 bits per heavy atom. The van der Waals surface area contributed by atoms with Crippen molar-refractivity contribution in [2.75, 3.05) is 18.5 Å². The highest BCUT2D eigenvalue weighted by Crippen LogP contribution is 2.20. The van der Waals surface area contributed by atoms with Gasteiger partial charge in [-0.2, -0.15) is 4.98 Å². The van der Waals surface area contributed by atoms with Crippen LogP contribution in [0, 0.1) is 5.41 Å². The molecule has 1 heterocycles. The largest absolute Gasteiger partial charge is 0.478 e. The SMILES string of the molecule is CCCc1nc(NCC)cc(OCCC(C)(C)C)n1. The topological polar surface area (TPSA) is 47.0 Å². The van der Waals surface area contributed by atoms with Crippen molar-refractivity contribution in [3.05, 3.63) is 11.9 Å². The van der Waals surface area contributed by atoms with Gasteiger partial charge >= 0.3 is 0 Å². The Morgan fingerprint density at radius 1 is 1.21 bits per heavy atom. The molecule has 0 saturated carbocycles. The summed E-state index contributed by atoms with van der Waals surface area (Å²) in [5.74, 6) is 2.39. The monoisotopic (exact) mass is 265 g/mol. The van der Waals surface area contributed by atoms with E-state index in [-0.39, 0.29) is 5.41 Å². The molecule has 0 amide bonds. The fourth-order valence-corrected chi connectivity index (χ4v) is 1.62. The molecule has 0 aliphatic heterocycles. The molecule has 0 fully saturated rings. The summed E-state index contributed by atoms with van der Waals surface area (Å²) < 4.78 is 5.76. The molecule has 0 unspecified atom stereocenters. The fourth-order valence-electron chi connectivity index (χ4n) is 1.62. The second-order valence-electron chi connectivity index (χ2n) is 5.95. The zero-order chi connectivity index (χ0) is 14.3. The summed E-state index contributed by atoms with van der Waals surface area (Å²) in [6, 6.07) is 1.88. The van der Waals surface area contributed by atoms with E-state index < -0.39 is 0 Å². The smallest absolute Gasteiger partial charge is 0.218 e. The fraction of sp³-hybridized carbons (Fsp3) is 0.733. The molecule has 1 aromatic rings. The lowest BCUT2D eigenvalue weighted by molar-refractivity contribution is 0.235. The highest BCUT2D eigenvalue weighted by molar-refractivity contribution is 5.38. The van der Waals surface area contributed by atoms with Gasteiger partial charge in [0.15, 0.2) is 0 Å². The van der Waals surface area contributed by atoms with Crippen LogP contribution in [0.5, 0.6) is 5.88 Å². The number of hydrogen-bond donors (Lipinski definition) is 1. The minimum Gasteiger partial charge on any atom is -0.478 e. The third-order valence-electron chi connectivity index (χ3n) is 2.68. The number of anilines is 1. The Morgan fingerprint density at radius 3 is 2.53 bits per heavy atom. The molecular weight excluding hydrogens is 238 g/mol. The molecule has 0 atom stereocenters. The molecule has 0 spiro atoms. The van der Waals surface area contributed by atoms with Gasteiger partial charge in [-0.15, -0.1) is 0 Å². The molecule has 4 heteroatoms. The van der Waals surface area contributed by atoms with E-state index in [0.29, 0.717) is 12.5 Å². The summed E-state index contributed by atoms with van der Waals surface area (Å²) >= 11 is 0. The third kappa shape index (κ3) is 6.41. The van der Waals surface area contributed by atoms with Crippen LogP contribution < -0.4 is 10.1 Å². The first-order valence-corrected chi connectivity index (χ1v) is 7.19. The van der Waals surface area contributed by atoms with E-state index in [4.69, 9.17) is 4.74 Å². The van der Waals surface area contributed by atoms with Crippen molar-refractivity contribution in [1.82, 2.24) is 9.97 Å². The van der Waals surface area contributed by atoms with E-state index in [1.54, 1.807) is 0 Å². The van der Waals surface area contributed by atoms with Gasteiger partial charge in [0.1, 0.15) is 11.6 Å².